The Morgan fingerprint density at radius 1 is 1.24 bits per heavy atom. The molecule has 0 aliphatic heterocycles. The second kappa shape index (κ2) is 7.22. The molecule has 6 nitrogen and oxygen atoms in total. The van der Waals surface area contributed by atoms with Crippen molar-refractivity contribution in [1.29, 1.82) is 0 Å². The summed E-state index contributed by atoms with van der Waals surface area (Å²) in [6.07, 6.45) is 1.34. The summed E-state index contributed by atoms with van der Waals surface area (Å²) in [5.74, 6) is 0. The zero-order valence-electron chi connectivity index (χ0n) is 15.4. The van der Waals surface area contributed by atoms with Crippen molar-refractivity contribution in [3.05, 3.63) is 68.9 Å². The van der Waals surface area contributed by atoms with Crippen LogP contribution >= 0.6 is 11.6 Å². The minimum atomic E-state index is -4.52. The predicted molar refractivity (Wildman–Crippen MR) is 102 cm³/mol. The Bertz CT molecular complexity index is 1120. The lowest BCUT2D eigenvalue weighted by Gasteiger charge is -2.25. The number of aromatic nitrogens is 4. The second-order valence-corrected chi connectivity index (χ2v) is 7.27. The number of fused-ring (bicyclic) bond motifs is 1. The van der Waals surface area contributed by atoms with Crippen molar-refractivity contribution in [3.63, 3.8) is 0 Å². The van der Waals surface area contributed by atoms with Crippen LogP contribution in [-0.2, 0) is 19.6 Å². The van der Waals surface area contributed by atoms with Gasteiger partial charge in [-0.1, -0.05) is 17.7 Å². The van der Waals surface area contributed by atoms with E-state index in [0.717, 1.165) is 47.3 Å². The van der Waals surface area contributed by atoms with E-state index < -0.39 is 17.3 Å². The molecular formula is C19H17ClF3N5O. The van der Waals surface area contributed by atoms with Crippen LogP contribution in [0.5, 0.6) is 0 Å². The normalized spacial score (nSPS) is 16.5. The maximum absolute atomic E-state index is 13.0. The lowest BCUT2D eigenvalue weighted by atomic mass is 9.93. The van der Waals surface area contributed by atoms with Crippen LogP contribution in [-0.4, -0.2) is 19.6 Å². The average Bonchev–Trinajstić information content (AvgIpc) is 3.07. The van der Waals surface area contributed by atoms with E-state index in [0.29, 0.717) is 5.69 Å². The number of halogens is 4. The Morgan fingerprint density at radius 2 is 2.03 bits per heavy atom. The van der Waals surface area contributed by atoms with Gasteiger partial charge in [0.2, 0.25) is 0 Å². The molecule has 10 heteroatoms. The van der Waals surface area contributed by atoms with Gasteiger partial charge >= 0.3 is 6.18 Å². The van der Waals surface area contributed by atoms with E-state index in [1.54, 1.807) is 6.20 Å². The number of rotatable bonds is 3. The number of anilines is 1. The van der Waals surface area contributed by atoms with Gasteiger partial charge in [0.25, 0.3) is 5.56 Å². The third kappa shape index (κ3) is 3.62. The summed E-state index contributed by atoms with van der Waals surface area (Å²) in [6, 6.07) is 4.31. The highest BCUT2D eigenvalue weighted by atomic mass is 35.5. The number of hydrogen-bond donors (Lipinski definition) is 1. The van der Waals surface area contributed by atoms with E-state index in [1.807, 2.05) is 11.7 Å². The van der Waals surface area contributed by atoms with Crippen LogP contribution in [0, 0.1) is 0 Å². The summed E-state index contributed by atoms with van der Waals surface area (Å²) >= 11 is 6.25. The van der Waals surface area contributed by atoms with Crippen LogP contribution in [0.25, 0.3) is 5.69 Å². The standard InChI is InChI=1S/C19H17ClF3N5O/c1-27-16-7-3-6-14(13(16)9-24-27)26-15-10-25-28(18(29)17(15)20)12-5-2-4-11(8-12)19(21,22)23/h2,4-5,8-10,14,26H,3,6-7H2,1H3. The molecule has 0 radical (unpaired) electrons. The van der Waals surface area contributed by atoms with Gasteiger partial charge in [0.15, 0.2) is 0 Å². The lowest BCUT2D eigenvalue weighted by Crippen LogP contribution is -2.25. The molecule has 0 saturated heterocycles. The second-order valence-electron chi connectivity index (χ2n) is 6.90. The van der Waals surface area contributed by atoms with Crippen LogP contribution in [0.2, 0.25) is 5.02 Å². The van der Waals surface area contributed by atoms with E-state index in [1.165, 1.54) is 18.3 Å². The molecule has 0 bridgehead atoms. The third-order valence-electron chi connectivity index (χ3n) is 5.04. The van der Waals surface area contributed by atoms with Crippen LogP contribution in [0.15, 0.2) is 41.5 Å². The number of nitrogens with one attached hydrogen (secondary N) is 1. The third-order valence-corrected chi connectivity index (χ3v) is 5.41. The number of alkyl halides is 3. The maximum atomic E-state index is 13.0. The molecular weight excluding hydrogens is 407 g/mol. The molecule has 1 aliphatic carbocycles. The Labute approximate surface area is 168 Å². The lowest BCUT2D eigenvalue weighted by molar-refractivity contribution is -0.137. The van der Waals surface area contributed by atoms with Crippen LogP contribution in [0.1, 0.15) is 35.7 Å². The molecule has 0 fully saturated rings. The van der Waals surface area contributed by atoms with Crippen molar-refractivity contribution in [2.75, 3.05) is 5.32 Å². The molecule has 1 aromatic carbocycles. The molecule has 0 saturated carbocycles. The highest BCUT2D eigenvalue weighted by Crippen LogP contribution is 2.33. The summed E-state index contributed by atoms with van der Waals surface area (Å²) in [5, 5.41) is 11.4. The summed E-state index contributed by atoms with van der Waals surface area (Å²) in [4.78, 5) is 12.7. The first-order chi connectivity index (χ1) is 13.8. The van der Waals surface area contributed by atoms with E-state index in [-0.39, 0.29) is 16.8 Å². The first-order valence-electron chi connectivity index (χ1n) is 8.98. The van der Waals surface area contributed by atoms with E-state index in [9.17, 15) is 18.0 Å². The molecule has 1 unspecified atom stereocenters. The van der Waals surface area contributed by atoms with E-state index in [2.05, 4.69) is 15.5 Å². The fraction of sp³-hybridized carbons (Fsp3) is 0.316. The van der Waals surface area contributed by atoms with Crippen molar-refractivity contribution >= 4 is 17.3 Å². The summed E-state index contributed by atoms with van der Waals surface area (Å²) < 4.78 is 41.6. The van der Waals surface area contributed by atoms with Gasteiger partial charge in [0, 0.05) is 18.3 Å². The highest BCUT2D eigenvalue weighted by Gasteiger charge is 2.31. The fourth-order valence-electron chi connectivity index (χ4n) is 3.58. The number of aryl methyl sites for hydroxylation is 1. The van der Waals surface area contributed by atoms with Crippen molar-refractivity contribution in [2.24, 2.45) is 7.05 Å². The van der Waals surface area contributed by atoms with Crippen LogP contribution < -0.4 is 10.9 Å². The van der Waals surface area contributed by atoms with Gasteiger partial charge < -0.3 is 5.32 Å². The number of hydrogen-bond acceptors (Lipinski definition) is 4. The maximum Gasteiger partial charge on any atom is 0.416 e. The molecule has 29 heavy (non-hydrogen) atoms. The minimum Gasteiger partial charge on any atom is -0.375 e. The first kappa shape index (κ1) is 19.5. The Balaban J connectivity index is 1.66. The molecule has 2 aromatic heterocycles. The fourth-order valence-corrected chi connectivity index (χ4v) is 3.76. The summed E-state index contributed by atoms with van der Waals surface area (Å²) in [6.45, 7) is 0. The summed E-state index contributed by atoms with van der Waals surface area (Å²) in [5.41, 5.74) is 0.922. The van der Waals surface area contributed by atoms with Crippen LogP contribution in [0.4, 0.5) is 18.9 Å². The minimum absolute atomic E-state index is 0.00881. The smallest absolute Gasteiger partial charge is 0.375 e. The zero-order chi connectivity index (χ0) is 20.8. The SMILES string of the molecule is Cn1ncc2c1CCCC2Nc1cnn(-c2cccc(C(F)(F)F)c2)c(=O)c1Cl. The molecule has 0 amide bonds. The first-order valence-corrected chi connectivity index (χ1v) is 9.36. The molecule has 152 valence electrons. The van der Waals surface area contributed by atoms with Gasteiger partial charge in [0.05, 0.1) is 35.4 Å². The Morgan fingerprint density at radius 3 is 2.79 bits per heavy atom. The van der Waals surface area contributed by atoms with Gasteiger partial charge in [-0.3, -0.25) is 9.48 Å². The monoisotopic (exact) mass is 423 g/mol. The van der Waals surface area contributed by atoms with Crippen molar-refractivity contribution < 1.29 is 13.2 Å². The highest BCUT2D eigenvalue weighted by molar-refractivity contribution is 6.33. The molecule has 0 spiro atoms. The van der Waals surface area contributed by atoms with E-state index >= 15 is 0 Å². The predicted octanol–water partition coefficient (Wildman–Crippen LogP) is 4.13. The van der Waals surface area contributed by atoms with Gasteiger partial charge in [-0.2, -0.15) is 28.1 Å². The molecule has 3 aromatic rings. The topological polar surface area (TPSA) is 64.7 Å². The number of nitrogens with zero attached hydrogens (tertiary/aromatic N) is 4. The van der Waals surface area contributed by atoms with Crippen molar-refractivity contribution in [2.45, 2.75) is 31.5 Å². The van der Waals surface area contributed by atoms with Gasteiger partial charge in [-0.15, -0.1) is 0 Å². The number of benzene rings is 1. The Kier molecular flexibility index (Phi) is 4.85. The molecule has 1 atom stereocenters. The van der Waals surface area contributed by atoms with Crippen molar-refractivity contribution in [1.82, 2.24) is 19.6 Å². The van der Waals surface area contributed by atoms with Gasteiger partial charge in [-0.25, -0.2) is 0 Å². The largest absolute Gasteiger partial charge is 0.416 e. The molecule has 1 N–H and O–H groups in total. The van der Waals surface area contributed by atoms with Crippen molar-refractivity contribution in [3.8, 4) is 5.69 Å². The molecule has 2 heterocycles. The Hall–Kier alpha value is -2.81. The average molecular weight is 424 g/mol. The van der Waals surface area contributed by atoms with Gasteiger partial charge in [-0.05, 0) is 37.5 Å². The van der Waals surface area contributed by atoms with Crippen LogP contribution in [0.3, 0.4) is 0 Å². The quantitative estimate of drug-likeness (QED) is 0.688. The van der Waals surface area contributed by atoms with E-state index in [4.69, 9.17) is 11.6 Å². The molecule has 4 rings (SSSR count). The zero-order valence-corrected chi connectivity index (χ0v) is 16.1. The van der Waals surface area contributed by atoms with Gasteiger partial charge in [0.1, 0.15) is 5.02 Å². The molecule has 1 aliphatic rings. The summed E-state index contributed by atoms with van der Waals surface area (Å²) in [7, 11) is 1.88.